The molecular weight excluding hydrogens is 472 g/mol. The van der Waals surface area contributed by atoms with Crippen molar-refractivity contribution < 1.29 is 4.42 Å². The van der Waals surface area contributed by atoms with E-state index in [1.165, 1.54) is 76.1 Å². The van der Waals surface area contributed by atoms with Crippen molar-refractivity contribution in [2.24, 2.45) is 0 Å². The number of benzene rings is 8. The molecule has 1 aromatic heterocycles. The van der Waals surface area contributed by atoms with E-state index in [0.29, 0.717) is 0 Å². The van der Waals surface area contributed by atoms with E-state index in [-0.39, 0.29) is 0 Å². The van der Waals surface area contributed by atoms with Crippen LogP contribution in [0.15, 0.2) is 138 Å². The molecule has 0 aliphatic heterocycles. The van der Waals surface area contributed by atoms with E-state index in [1.807, 2.05) is 0 Å². The predicted octanol–water partition coefficient (Wildman–Crippen LogP) is 11.0. The van der Waals surface area contributed by atoms with Crippen molar-refractivity contribution >= 4 is 65.0 Å². The third kappa shape index (κ3) is 2.85. The van der Waals surface area contributed by atoms with E-state index in [9.17, 15) is 0 Å². The lowest BCUT2D eigenvalue weighted by molar-refractivity contribution is 0.670. The average molecular weight is 495 g/mol. The number of rotatable bonds is 2. The van der Waals surface area contributed by atoms with Crippen LogP contribution >= 0.6 is 0 Å². The van der Waals surface area contributed by atoms with E-state index < -0.39 is 0 Å². The number of hydrogen-bond donors (Lipinski definition) is 0. The zero-order chi connectivity index (χ0) is 25.5. The maximum Gasteiger partial charge on any atom is 0.136 e. The van der Waals surface area contributed by atoms with Gasteiger partial charge in [-0.2, -0.15) is 0 Å². The first-order chi connectivity index (χ1) is 19.3. The molecule has 0 atom stereocenters. The molecule has 0 saturated heterocycles. The van der Waals surface area contributed by atoms with Gasteiger partial charge in [0.05, 0.1) is 0 Å². The monoisotopic (exact) mass is 494 g/mol. The van der Waals surface area contributed by atoms with Crippen LogP contribution in [0.25, 0.3) is 87.3 Å². The number of furan rings is 1. The molecule has 8 aromatic carbocycles. The van der Waals surface area contributed by atoms with Crippen LogP contribution in [0.4, 0.5) is 0 Å². The van der Waals surface area contributed by atoms with Crippen molar-refractivity contribution in [2.75, 3.05) is 0 Å². The van der Waals surface area contributed by atoms with Gasteiger partial charge in [0.1, 0.15) is 11.2 Å². The largest absolute Gasteiger partial charge is 0.456 e. The van der Waals surface area contributed by atoms with E-state index in [4.69, 9.17) is 4.42 Å². The first kappa shape index (κ1) is 20.9. The fourth-order valence-electron chi connectivity index (χ4n) is 6.76. The molecule has 0 aliphatic rings. The summed E-state index contributed by atoms with van der Waals surface area (Å²) < 4.78 is 6.37. The van der Waals surface area contributed by atoms with Crippen molar-refractivity contribution in [1.82, 2.24) is 0 Å². The highest BCUT2D eigenvalue weighted by Crippen LogP contribution is 2.45. The van der Waals surface area contributed by atoms with E-state index in [1.54, 1.807) is 0 Å². The Hall–Kier alpha value is -5.14. The lowest BCUT2D eigenvalue weighted by Crippen LogP contribution is -1.91. The van der Waals surface area contributed by atoms with Gasteiger partial charge in [0, 0.05) is 10.8 Å². The van der Waals surface area contributed by atoms with Crippen LogP contribution < -0.4 is 0 Å². The van der Waals surface area contributed by atoms with Gasteiger partial charge in [-0.25, -0.2) is 0 Å². The highest BCUT2D eigenvalue weighted by Gasteiger charge is 2.18. The van der Waals surface area contributed by atoms with Gasteiger partial charge in [0.25, 0.3) is 0 Å². The minimum Gasteiger partial charge on any atom is -0.456 e. The molecule has 1 heteroatoms. The molecule has 1 heterocycles. The Labute approximate surface area is 224 Å². The molecule has 180 valence electrons. The SMILES string of the molecule is c1ccc(-c2c3ccccc3c(-c3ccc4c(c3)cc3oc5cccc6ccc4c3c65)c3ccccc23)cc1. The lowest BCUT2D eigenvalue weighted by Gasteiger charge is -2.18. The smallest absolute Gasteiger partial charge is 0.136 e. The van der Waals surface area contributed by atoms with Crippen molar-refractivity contribution in [1.29, 1.82) is 0 Å². The van der Waals surface area contributed by atoms with Gasteiger partial charge in [-0.15, -0.1) is 0 Å². The summed E-state index contributed by atoms with van der Waals surface area (Å²) in [6.45, 7) is 0. The first-order valence-electron chi connectivity index (χ1n) is 13.4. The maximum absolute atomic E-state index is 6.37. The Balaban J connectivity index is 1.39. The van der Waals surface area contributed by atoms with Crippen LogP contribution in [0.5, 0.6) is 0 Å². The Morgan fingerprint density at radius 2 is 0.974 bits per heavy atom. The van der Waals surface area contributed by atoms with Gasteiger partial charge in [-0.3, -0.25) is 0 Å². The predicted molar refractivity (Wildman–Crippen MR) is 166 cm³/mol. The third-order valence-electron chi connectivity index (χ3n) is 8.38. The normalized spacial score (nSPS) is 12.1. The summed E-state index contributed by atoms with van der Waals surface area (Å²) in [6.07, 6.45) is 0. The summed E-state index contributed by atoms with van der Waals surface area (Å²) in [4.78, 5) is 0. The maximum atomic E-state index is 6.37. The van der Waals surface area contributed by atoms with Gasteiger partial charge >= 0.3 is 0 Å². The topological polar surface area (TPSA) is 13.1 Å². The number of fused-ring (bicyclic) bond motifs is 4. The average Bonchev–Trinajstić information content (AvgIpc) is 3.37. The quantitative estimate of drug-likeness (QED) is 0.172. The molecule has 9 rings (SSSR count). The second kappa shape index (κ2) is 7.69. The summed E-state index contributed by atoms with van der Waals surface area (Å²) in [5, 5.41) is 12.5. The fourth-order valence-corrected chi connectivity index (χ4v) is 6.76. The number of hydrogen-bond acceptors (Lipinski definition) is 1. The summed E-state index contributed by atoms with van der Waals surface area (Å²) in [6, 6.07) is 48.4. The molecule has 0 bridgehead atoms. The van der Waals surface area contributed by atoms with Gasteiger partial charge in [0.15, 0.2) is 0 Å². The second-order valence-electron chi connectivity index (χ2n) is 10.5. The molecule has 0 saturated carbocycles. The molecule has 0 N–H and O–H groups in total. The molecule has 0 radical (unpaired) electrons. The van der Waals surface area contributed by atoms with Crippen molar-refractivity contribution in [3.8, 4) is 22.3 Å². The standard InChI is InChI=1S/C38H22O/c1-2-9-23(10-3-1)35-28-12-4-6-14-30(28)36(31-15-7-5-13-29(31)35)25-18-19-27-26(21-25)22-34-38-32(27)20-17-24-11-8-16-33(39-34)37(24)38/h1-22H. The Morgan fingerprint density at radius 1 is 0.333 bits per heavy atom. The van der Waals surface area contributed by atoms with Gasteiger partial charge in [0.2, 0.25) is 0 Å². The molecule has 0 unspecified atom stereocenters. The first-order valence-corrected chi connectivity index (χ1v) is 13.4. The van der Waals surface area contributed by atoms with Crippen molar-refractivity contribution in [2.45, 2.75) is 0 Å². The zero-order valence-electron chi connectivity index (χ0n) is 21.1. The van der Waals surface area contributed by atoms with Crippen molar-refractivity contribution in [3.05, 3.63) is 133 Å². The van der Waals surface area contributed by atoms with Crippen LogP contribution in [-0.4, -0.2) is 0 Å². The highest BCUT2D eigenvalue weighted by atomic mass is 16.3. The van der Waals surface area contributed by atoms with Gasteiger partial charge in [-0.1, -0.05) is 115 Å². The summed E-state index contributed by atoms with van der Waals surface area (Å²) in [7, 11) is 0. The van der Waals surface area contributed by atoms with Crippen LogP contribution in [0.1, 0.15) is 0 Å². The van der Waals surface area contributed by atoms with Crippen LogP contribution in [-0.2, 0) is 0 Å². The molecule has 0 fully saturated rings. The van der Waals surface area contributed by atoms with Gasteiger partial charge < -0.3 is 4.42 Å². The summed E-state index contributed by atoms with van der Waals surface area (Å²) in [5.74, 6) is 0. The Morgan fingerprint density at radius 3 is 1.69 bits per heavy atom. The van der Waals surface area contributed by atoms with Crippen LogP contribution in [0.2, 0.25) is 0 Å². The van der Waals surface area contributed by atoms with E-state index in [2.05, 4.69) is 133 Å². The molecule has 0 aliphatic carbocycles. The van der Waals surface area contributed by atoms with E-state index >= 15 is 0 Å². The molecule has 0 amide bonds. The minimum atomic E-state index is 0.954. The van der Waals surface area contributed by atoms with Gasteiger partial charge in [-0.05, 0) is 83.5 Å². The van der Waals surface area contributed by atoms with Crippen molar-refractivity contribution in [3.63, 3.8) is 0 Å². The molecule has 9 aromatic rings. The zero-order valence-corrected chi connectivity index (χ0v) is 21.1. The molecular formula is C38H22O. The molecule has 1 nitrogen and oxygen atoms in total. The molecule has 0 spiro atoms. The Kier molecular flexibility index (Phi) is 4.11. The second-order valence-corrected chi connectivity index (χ2v) is 10.5. The van der Waals surface area contributed by atoms with E-state index in [0.717, 1.165) is 11.2 Å². The Bertz CT molecular complexity index is 2320. The summed E-state index contributed by atoms with van der Waals surface area (Å²) >= 11 is 0. The fraction of sp³-hybridized carbons (Fsp3) is 0. The minimum absolute atomic E-state index is 0.954. The highest BCUT2D eigenvalue weighted by molar-refractivity contribution is 6.28. The lowest BCUT2D eigenvalue weighted by atomic mass is 9.85. The summed E-state index contributed by atoms with van der Waals surface area (Å²) in [5.41, 5.74) is 6.94. The third-order valence-corrected chi connectivity index (χ3v) is 8.38. The molecule has 39 heavy (non-hydrogen) atoms. The van der Waals surface area contributed by atoms with Crippen LogP contribution in [0.3, 0.4) is 0 Å². The van der Waals surface area contributed by atoms with Crippen LogP contribution in [0, 0.1) is 0 Å².